The number of pyridine rings is 3. The molecule has 3 rings (SSSR count). The number of aromatic nitrogens is 3. The van der Waals surface area contributed by atoms with E-state index in [0.29, 0.717) is 0 Å². The third-order valence-corrected chi connectivity index (χ3v) is 5.42. The van der Waals surface area contributed by atoms with Crippen molar-refractivity contribution in [1.82, 2.24) is 15.0 Å². The largest absolute Gasteiger partial charge is 0.493 e. The van der Waals surface area contributed by atoms with E-state index in [0.717, 1.165) is 41.6 Å². The summed E-state index contributed by atoms with van der Waals surface area (Å²) in [6, 6.07) is 15.7. The molecule has 3 aromatic rings. The summed E-state index contributed by atoms with van der Waals surface area (Å²) in [6.07, 6.45) is 16.8. The second-order valence-corrected chi connectivity index (χ2v) is 8.03. The van der Waals surface area contributed by atoms with Gasteiger partial charge in [0.1, 0.15) is 5.75 Å². The van der Waals surface area contributed by atoms with Gasteiger partial charge >= 0.3 is 0 Å². The summed E-state index contributed by atoms with van der Waals surface area (Å²) >= 11 is 0. The van der Waals surface area contributed by atoms with Gasteiger partial charge in [0.15, 0.2) is 0 Å². The summed E-state index contributed by atoms with van der Waals surface area (Å²) in [5.41, 5.74) is 3.29. The Labute approximate surface area is 187 Å². The van der Waals surface area contributed by atoms with Gasteiger partial charge in [0.05, 0.1) is 29.4 Å². The van der Waals surface area contributed by atoms with E-state index in [1.807, 2.05) is 48.5 Å². The molecule has 0 aromatic carbocycles. The second kappa shape index (κ2) is 13.5. The molecule has 0 aliphatic heterocycles. The lowest BCUT2D eigenvalue weighted by Crippen LogP contribution is -2.00. The first kappa shape index (κ1) is 22.9. The molecule has 4 heteroatoms. The Balaban J connectivity index is 1.50. The van der Waals surface area contributed by atoms with E-state index in [2.05, 4.69) is 16.9 Å². The number of ether oxygens (including phenoxy) is 1. The fraction of sp³-hybridized carbons (Fsp3) is 0.444. The van der Waals surface area contributed by atoms with Crippen LogP contribution in [0.25, 0.3) is 22.8 Å². The fourth-order valence-electron chi connectivity index (χ4n) is 3.66. The minimum Gasteiger partial charge on any atom is -0.493 e. The highest BCUT2D eigenvalue weighted by Gasteiger charge is 2.09. The van der Waals surface area contributed by atoms with Crippen LogP contribution in [-0.2, 0) is 0 Å². The lowest BCUT2D eigenvalue weighted by atomic mass is 10.1. The second-order valence-electron chi connectivity index (χ2n) is 8.03. The van der Waals surface area contributed by atoms with Crippen molar-refractivity contribution >= 4 is 0 Å². The van der Waals surface area contributed by atoms with Crippen LogP contribution in [-0.4, -0.2) is 21.6 Å². The van der Waals surface area contributed by atoms with Gasteiger partial charge in [-0.3, -0.25) is 9.97 Å². The van der Waals surface area contributed by atoms with Gasteiger partial charge in [-0.15, -0.1) is 0 Å². The van der Waals surface area contributed by atoms with E-state index in [-0.39, 0.29) is 0 Å². The van der Waals surface area contributed by atoms with E-state index >= 15 is 0 Å². The number of rotatable bonds is 14. The average Bonchev–Trinajstić information content (AvgIpc) is 2.83. The maximum atomic E-state index is 6.11. The number of hydrogen-bond acceptors (Lipinski definition) is 4. The Bertz CT molecular complexity index is 810. The zero-order valence-corrected chi connectivity index (χ0v) is 18.8. The fourth-order valence-corrected chi connectivity index (χ4v) is 3.66. The molecular weight excluding hydrogens is 382 g/mol. The van der Waals surface area contributed by atoms with E-state index in [1.165, 1.54) is 57.8 Å². The summed E-state index contributed by atoms with van der Waals surface area (Å²) < 4.78 is 6.11. The quantitative estimate of drug-likeness (QED) is 0.255. The van der Waals surface area contributed by atoms with Crippen LogP contribution < -0.4 is 4.74 Å². The van der Waals surface area contributed by atoms with E-state index < -0.39 is 0 Å². The maximum absolute atomic E-state index is 6.11. The third-order valence-electron chi connectivity index (χ3n) is 5.42. The highest BCUT2D eigenvalue weighted by atomic mass is 16.5. The average molecular weight is 418 g/mol. The molecule has 0 amide bonds. The van der Waals surface area contributed by atoms with Crippen LogP contribution in [0.4, 0.5) is 0 Å². The summed E-state index contributed by atoms with van der Waals surface area (Å²) in [6.45, 7) is 3.00. The van der Waals surface area contributed by atoms with Crippen LogP contribution in [0.2, 0.25) is 0 Å². The third kappa shape index (κ3) is 8.12. The molecule has 0 saturated heterocycles. The molecular formula is C27H35N3O. The number of nitrogens with zero attached hydrogens (tertiary/aromatic N) is 3. The van der Waals surface area contributed by atoms with Gasteiger partial charge in [-0.1, -0.05) is 76.8 Å². The van der Waals surface area contributed by atoms with Crippen molar-refractivity contribution in [3.63, 3.8) is 0 Å². The van der Waals surface area contributed by atoms with Crippen molar-refractivity contribution in [3.05, 3.63) is 60.9 Å². The van der Waals surface area contributed by atoms with E-state index in [9.17, 15) is 0 Å². The summed E-state index contributed by atoms with van der Waals surface area (Å²) in [5.74, 6) is 0.826. The minimum absolute atomic E-state index is 0.726. The molecule has 0 atom stereocenters. The number of unbranched alkanes of at least 4 members (excludes halogenated alkanes) is 9. The van der Waals surface area contributed by atoms with Crippen molar-refractivity contribution in [2.45, 2.75) is 71.1 Å². The van der Waals surface area contributed by atoms with Crippen molar-refractivity contribution < 1.29 is 4.74 Å². The first-order chi connectivity index (χ1) is 15.4. The van der Waals surface area contributed by atoms with Crippen LogP contribution in [0, 0.1) is 0 Å². The Morgan fingerprint density at radius 1 is 0.613 bits per heavy atom. The van der Waals surface area contributed by atoms with Crippen molar-refractivity contribution in [2.75, 3.05) is 6.61 Å². The standard InChI is InChI=1S/C27H35N3O/c1-2-3-4-5-6-7-8-9-10-15-20-31-23-21-26(24-16-11-13-18-28-24)30-27(22-23)25-17-12-14-19-29-25/h11-14,16-19,21-22H,2-10,15,20H2,1H3. The van der Waals surface area contributed by atoms with Gasteiger partial charge in [0.2, 0.25) is 0 Å². The van der Waals surface area contributed by atoms with Gasteiger partial charge in [0, 0.05) is 24.5 Å². The predicted octanol–water partition coefficient (Wildman–Crippen LogP) is 7.51. The molecule has 3 aromatic heterocycles. The maximum Gasteiger partial charge on any atom is 0.123 e. The molecule has 0 N–H and O–H groups in total. The lowest BCUT2D eigenvalue weighted by Gasteiger charge is -2.10. The molecule has 0 saturated carbocycles. The first-order valence-corrected chi connectivity index (χ1v) is 11.8. The highest BCUT2D eigenvalue weighted by Crippen LogP contribution is 2.26. The van der Waals surface area contributed by atoms with Crippen LogP contribution >= 0.6 is 0 Å². The van der Waals surface area contributed by atoms with E-state index in [4.69, 9.17) is 9.72 Å². The molecule has 0 bridgehead atoms. The molecule has 0 unspecified atom stereocenters. The molecule has 0 aliphatic rings. The zero-order valence-electron chi connectivity index (χ0n) is 18.8. The monoisotopic (exact) mass is 417 g/mol. The molecule has 3 heterocycles. The van der Waals surface area contributed by atoms with E-state index in [1.54, 1.807) is 12.4 Å². The predicted molar refractivity (Wildman–Crippen MR) is 128 cm³/mol. The Kier molecular flexibility index (Phi) is 10.0. The van der Waals surface area contributed by atoms with Crippen LogP contribution in [0.3, 0.4) is 0 Å². The van der Waals surface area contributed by atoms with Gasteiger partial charge in [-0.2, -0.15) is 0 Å². The van der Waals surface area contributed by atoms with Gasteiger partial charge in [0.25, 0.3) is 0 Å². The smallest absolute Gasteiger partial charge is 0.123 e. The Morgan fingerprint density at radius 3 is 1.61 bits per heavy atom. The molecule has 4 nitrogen and oxygen atoms in total. The molecule has 0 radical (unpaired) electrons. The molecule has 0 spiro atoms. The van der Waals surface area contributed by atoms with Crippen molar-refractivity contribution in [3.8, 4) is 28.5 Å². The summed E-state index contributed by atoms with van der Waals surface area (Å²) in [5, 5.41) is 0. The van der Waals surface area contributed by atoms with Crippen LogP contribution in [0.1, 0.15) is 71.1 Å². The van der Waals surface area contributed by atoms with Gasteiger partial charge in [-0.25, -0.2) is 4.98 Å². The molecule has 31 heavy (non-hydrogen) atoms. The SMILES string of the molecule is CCCCCCCCCCCCOc1cc(-c2ccccn2)nc(-c2ccccn2)c1. The molecule has 164 valence electrons. The first-order valence-electron chi connectivity index (χ1n) is 11.8. The topological polar surface area (TPSA) is 47.9 Å². The van der Waals surface area contributed by atoms with Crippen LogP contribution in [0.15, 0.2) is 60.9 Å². The highest BCUT2D eigenvalue weighted by molar-refractivity contribution is 5.64. The minimum atomic E-state index is 0.726. The lowest BCUT2D eigenvalue weighted by molar-refractivity contribution is 0.304. The summed E-state index contributed by atoms with van der Waals surface area (Å²) in [4.78, 5) is 13.7. The molecule has 0 fully saturated rings. The Morgan fingerprint density at radius 2 is 1.13 bits per heavy atom. The number of hydrogen-bond donors (Lipinski definition) is 0. The van der Waals surface area contributed by atoms with Gasteiger partial charge in [-0.05, 0) is 30.7 Å². The Hall–Kier alpha value is -2.75. The van der Waals surface area contributed by atoms with Crippen molar-refractivity contribution in [1.29, 1.82) is 0 Å². The summed E-state index contributed by atoms with van der Waals surface area (Å²) in [7, 11) is 0. The zero-order chi connectivity index (χ0) is 21.6. The molecule has 0 aliphatic carbocycles. The van der Waals surface area contributed by atoms with Crippen LogP contribution in [0.5, 0.6) is 5.75 Å². The normalized spacial score (nSPS) is 10.9. The van der Waals surface area contributed by atoms with Gasteiger partial charge < -0.3 is 4.74 Å². The van der Waals surface area contributed by atoms with Crippen molar-refractivity contribution in [2.24, 2.45) is 0 Å².